The van der Waals surface area contributed by atoms with Crippen molar-refractivity contribution < 1.29 is 0 Å². The molecule has 1 saturated heterocycles. The summed E-state index contributed by atoms with van der Waals surface area (Å²) in [6, 6.07) is 16.5. The molecule has 0 saturated carbocycles. The first-order valence-electron chi connectivity index (χ1n) is 10.2. The van der Waals surface area contributed by atoms with Gasteiger partial charge in [0.2, 0.25) is 0 Å². The number of aryl methyl sites for hydroxylation is 2. The van der Waals surface area contributed by atoms with Crippen LogP contribution < -0.4 is 10.2 Å². The molecule has 2 atom stereocenters. The van der Waals surface area contributed by atoms with Crippen molar-refractivity contribution in [2.45, 2.75) is 32.9 Å². The van der Waals surface area contributed by atoms with Crippen LogP contribution in [0.5, 0.6) is 0 Å². The zero-order chi connectivity index (χ0) is 21.5. The molecule has 4 aromatic rings. The van der Waals surface area contributed by atoms with Crippen molar-refractivity contribution in [3.05, 3.63) is 95.6 Å². The second-order valence-corrected chi connectivity index (χ2v) is 8.20. The predicted octanol–water partition coefficient (Wildman–Crippen LogP) is 3.89. The number of benzene rings is 1. The summed E-state index contributed by atoms with van der Waals surface area (Å²) in [7, 11) is 0. The third kappa shape index (κ3) is 3.29. The van der Waals surface area contributed by atoms with Gasteiger partial charge in [0.05, 0.1) is 17.8 Å². The smallest absolute Gasteiger partial charge is 0.174 e. The number of hydrogen-bond acceptors (Lipinski definition) is 4. The van der Waals surface area contributed by atoms with Gasteiger partial charge in [0.1, 0.15) is 12.7 Å². The number of hydrogen-bond donors (Lipinski definition) is 1. The molecule has 156 valence electrons. The molecule has 31 heavy (non-hydrogen) atoms. The normalized spacial score (nSPS) is 18.4. The average molecular weight is 430 g/mol. The van der Waals surface area contributed by atoms with E-state index < -0.39 is 0 Å². The Morgan fingerprint density at radius 1 is 0.968 bits per heavy atom. The van der Waals surface area contributed by atoms with Gasteiger partial charge >= 0.3 is 0 Å². The minimum absolute atomic E-state index is 0.0541. The van der Waals surface area contributed by atoms with E-state index in [2.05, 4.69) is 81.2 Å². The molecular weight excluding hydrogens is 406 g/mol. The summed E-state index contributed by atoms with van der Waals surface area (Å²) in [4.78, 5) is 6.84. The number of nitrogens with one attached hydrogen (secondary N) is 1. The van der Waals surface area contributed by atoms with Crippen LogP contribution in [0.15, 0.2) is 67.4 Å². The van der Waals surface area contributed by atoms with Crippen LogP contribution in [0.3, 0.4) is 0 Å². The fourth-order valence-electron chi connectivity index (χ4n) is 4.39. The first-order valence-corrected chi connectivity index (χ1v) is 10.6. The minimum atomic E-state index is -0.0788. The fraction of sp³-hybridized carbons (Fsp3) is 0.217. The van der Waals surface area contributed by atoms with Crippen molar-refractivity contribution in [1.29, 1.82) is 0 Å². The molecule has 1 N–H and O–H groups in total. The van der Waals surface area contributed by atoms with Crippen molar-refractivity contribution in [2.24, 2.45) is 0 Å². The summed E-state index contributed by atoms with van der Waals surface area (Å²) in [6.45, 7) is 6.29. The number of thiocarbonyl (C=S) groups is 1. The highest BCUT2D eigenvalue weighted by molar-refractivity contribution is 7.80. The third-order valence-electron chi connectivity index (χ3n) is 5.80. The quantitative estimate of drug-likeness (QED) is 0.497. The lowest BCUT2D eigenvalue weighted by molar-refractivity contribution is 0.557. The van der Waals surface area contributed by atoms with Crippen LogP contribution in [0, 0.1) is 20.8 Å². The lowest BCUT2D eigenvalue weighted by Gasteiger charge is -2.28. The average Bonchev–Trinajstić information content (AvgIpc) is 3.47. The summed E-state index contributed by atoms with van der Waals surface area (Å²) in [6.07, 6.45) is 5.23. The summed E-state index contributed by atoms with van der Waals surface area (Å²) in [5.74, 6) is 0. The van der Waals surface area contributed by atoms with Gasteiger partial charge in [-0.25, -0.2) is 4.68 Å². The van der Waals surface area contributed by atoms with Crippen LogP contribution >= 0.6 is 12.2 Å². The Hall–Kier alpha value is -3.52. The van der Waals surface area contributed by atoms with Crippen molar-refractivity contribution in [1.82, 2.24) is 29.9 Å². The number of anilines is 1. The highest BCUT2D eigenvalue weighted by Gasteiger charge is 2.42. The molecule has 0 amide bonds. The Kier molecular flexibility index (Phi) is 4.78. The van der Waals surface area contributed by atoms with Crippen LogP contribution in [-0.4, -0.2) is 29.6 Å². The van der Waals surface area contributed by atoms with Crippen LogP contribution in [0.2, 0.25) is 0 Å². The van der Waals surface area contributed by atoms with E-state index in [0.717, 1.165) is 22.8 Å². The zero-order valence-electron chi connectivity index (χ0n) is 17.6. The molecule has 3 aromatic heterocycles. The van der Waals surface area contributed by atoms with E-state index in [9.17, 15) is 0 Å². The van der Waals surface area contributed by atoms with E-state index in [-0.39, 0.29) is 12.1 Å². The van der Waals surface area contributed by atoms with Crippen molar-refractivity contribution >= 4 is 23.0 Å². The highest BCUT2D eigenvalue weighted by Crippen LogP contribution is 2.43. The van der Waals surface area contributed by atoms with Crippen LogP contribution in [0.25, 0.3) is 0 Å². The van der Waals surface area contributed by atoms with E-state index >= 15 is 0 Å². The zero-order valence-corrected chi connectivity index (χ0v) is 18.4. The molecule has 5 rings (SSSR count). The number of aromatic nitrogens is 5. The topological polar surface area (TPSA) is 63.8 Å². The molecule has 0 spiro atoms. The predicted molar refractivity (Wildman–Crippen MR) is 124 cm³/mol. The van der Waals surface area contributed by atoms with Gasteiger partial charge in [-0.3, -0.25) is 9.66 Å². The van der Waals surface area contributed by atoms with E-state index in [4.69, 9.17) is 12.2 Å². The van der Waals surface area contributed by atoms with Gasteiger partial charge in [-0.2, -0.15) is 0 Å². The Morgan fingerprint density at radius 3 is 2.39 bits per heavy atom. The van der Waals surface area contributed by atoms with Crippen LogP contribution in [0.1, 0.15) is 40.3 Å². The molecule has 1 aliphatic heterocycles. The molecule has 1 fully saturated rings. The van der Waals surface area contributed by atoms with Crippen LogP contribution in [0.4, 0.5) is 5.69 Å². The standard InChI is InChI=1S/C23H23N7S/c1-15-7-9-18(10-8-15)29-22(21(27-23(29)31)20-6-4-5-11-24-20)19-12-16(2)30(17(19)3)28-13-25-26-14-28/h4-14,21-22H,1-3H3,(H,27,31)/t21-,22+/m0/s1. The lowest BCUT2D eigenvalue weighted by Crippen LogP contribution is -2.29. The summed E-state index contributed by atoms with van der Waals surface area (Å²) in [5.41, 5.74) is 6.60. The molecule has 1 aromatic carbocycles. The molecule has 4 heterocycles. The number of rotatable bonds is 4. The molecule has 0 aliphatic carbocycles. The summed E-state index contributed by atoms with van der Waals surface area (Å²) in [5, 5.41) is 12.2. The maximum absolute atomic E-state index is 5.83. The molecule has 0 unspecified atom stereocenters. The third-order valence-corrected chi connectivity index (χ3v) is 6.11. The second-order valence-electron chi connectivity index (χ2n) is 7.81. The minimum Gasteiger partial charge on any atom is -0.351 e. The second kappa shape index (κ2) is 7.63. The molecule has 1 aliphatic rings. The maximum atomic E-state index is 5.83. The first-order chi connectivity index (χ1) is 15.0. The Morgan fingerprint density at radius 2 is 1.71 bits per heavy atom. The molecule has 0 bridgehead atoms. The largest absolute Gasteiger partial charge is 0.351 e. The number of pyridine rings is 1. The number of nitrogens with zero attached hydrogens (tertiary/aromatic N) is 6. The van der Waals surface area contributed by atoms with Gasteiger partial charge in [0, 0.05) is 28.8 Å². The fourth-order valence-corrected chi connectivity index (χ4v) is 4.73. The SMILES string of the molecule is Cc1ccc(N2C(=S)N[C@@H](c3ccccn3)[C@H]2c2cc(C)n(-n3cnnc3)c2C)cc1. The van der Waals surface area contributed by atoms with Gasteiger partial charge in [0.25, 0.3) is 0 Å². The summed E-state index contributed by atoms with van der Waals surface area (Å²) < 4.78 is 4.00. The lowest BCUT2D eigenvalue weighted by atomic mass is 9.96. The first kappa shape index (κ1) is 19.4. The van der Waals surface area contributed by atoms with E-state index in [1.54, 1.807) is 12.7 Å². The van der Waals surface area contributed by atoms with Crippen LogP contribution in [-0.2, 0) is 0 Å². The summed E-state index contributed by atoms with van der Waals surface area (Å²) >= 11 is 5.83. The van der Waals surface area contributed by atoms with Gasteiger partial charge in [0.15, 0.2) is 5.11 Å². The monoisotopic (exact) mass is 429 g/mol. The molecular formula is C23H23N7S. The van der Waals surface area contributed by atoms with Crippen molar-refractivity contribution in [3.8, 4) is 0 Å². The maximum Gasteiger partial charge on any atom is 0.174 e. The van der Waals surface area contributed by atoms with Crippen molar-refractivity contribution in [2.75, 3.05) is 4.90 Å². The van der Waals surface area contributed by atoms with Gasteiger partial charge in [-0.15, -0.1) is 10.2 Å². The highest BCUT2D eigenvalue weighted by atomic mass is 32.1. The van der Waals surface area contributed by atoms with E-state index in [1.165, 1.54) is 11.1 Å². The Balaban J connectivity index is 1.68. The Bertz CT molecular complexity index is 1210. The molecule has 0 radical (unpaired) electrons. The van der Waals surface area contributed by atoms with Gasteiger partial charge < -0.3 is 10.2 Å². The Labute approximate surface area is 186 Å². The van der Waals surface area contributed by atoms with E-state index in [0.29, 0.717) is 5.11 Å². The molecule has 8 heteroatoms. The van der Waals surface area contributed by atoms with Gasteiger partial charge in [-0.05, 0) is 63.3 Å². The van der Waals surface area contributed by atoms with E-state index in [1.807, 2.05) is 29.1 Å². The van der Waals surface area contributed by atoms with Crippen molar-refractivity contribution in [3.63, 3.8) is 0 Å². The molecule has 7 nitrogen and oxygen atoms in total. The van der Waals surface area contributed by atoms with Gasteiger partial charge in [-0.1, -0.05) is 23.8 Å².